The van der Waals surface area contributed by atoms with E-state index >= 15 is 0 Å². The Kier molecular flexibility index (Phi) is 8.34. The van der Waals surface area contributed by atoms with Crippen molar-refractivity contribution < 1.29 is 19.0 Å². The van der Waals surface area contributed by atoms with Crippen LogP contribution in [0.3, 0.4) is 0 Å². The summed E-state index contributed by atoms with van der Waals surface area (Å²) in [5, 5.41) is 12.8. The molecule has 33 heavy (non-hydrogen) atoms. The molecule has 3 aromatic carbocycles. The monoisotopic (exact) mass is 462 g/mol. The summed E-state index contributed by atoms with van der Waals surface area (Å²) in [5.41, 5.74) is 2.02. The summed E-state index contributed by atoms with van der Waals surface area (Å²) >= 11 is 6.14. The van der Waals surface area contributed by atoms with Gasteiger partial charge in [-0.15, -0.1) is 0 Å². The lowest BCUT2D eigenvalue weighted by Crippen LogP contribution is -2.13. The van der Waals surface area contributed by atoms with Crippen molar-refractivity contribution in [3.63, 3.8) is 0 Å². The van der Waals surface area contributed by atoms with Gasteiger partial charge >= 0.3 is 0 Å². The lowest BCUT2D eigenvalue weighted by atomic mass is 10.1. The Hall–Kier alpha value is -3.95. The Morgan fingerprint density at radius 1 is 1.06 bits per heavy atom. The van der Waals surface area contributed by atoms with E-state index in [1.807, 2.05) is 37.3 Å². The minimum Gasteiger partial charge on any atom is -0.493 e. The summed E-state index contributed by atoms with van der Waals surface area (Å²) in [6.45, 7) is 2.71. The number of carbonyl (C=O) groups is 1. The molecule has 3 aromatic rings. The first-order valence-electron chi connectivity index (χ1n) is 10.2. The highest BCUT2D eigenvalue weighted by atomic mass is 35.5. The van der Waals surface area contributed by atoms with Crippen LogP contribution in [0.25, 0.3) is 6.08 Å². The van der Waals surface area contributed by atoms with Crippen molar-refractivity contribution in [1.82, 2.24) is 0 Å². The fraction of sp³-hybridized carbons (Fsp3) is 0.154. The second kappa shape index (κ2) is 11.6. The Labute approximate surface area is 198 Å². The molecular formula is C26H23ClN2O4. The van der Waals surface area contributed by atoms with Crippen molar-refractivity contribution in [3.05, 3.63) is 88.5 Å². The van der Waals surface area contributed by atoms with E-state index in [2.05, 4.69) is 5.32 Å². The molecule has 1 amide bonds. The van der Waals surface area contributed by atoms with Gasteiger partial charge in [-0.2, -0.15) is 5.26 Å². The molecule has 0 saturated carbocycles. The number of methoxy groups -OCH3 is 1. The Morgan fingerprint density at radius 3 is 2.48 bits per heavy atom. The van der Waals surface area contributed by atoms with Crippen molar-refractivity contribution in [2.45, 2.75) is 13.5 Å². The lowest BCUT2D eigenvalue weighted by Gasteiger charge is -2.10. The lowest BCUT2D eigenvalue weighted by molar-refractivity contribution is -0.112. The van der Waals surface area contributed by atoms with Gasteiger partial charge < -0.3 is 19.5 Å². The first-order valence-corrected chi connectivity index (χ1v) is 10.6. The van der Waals surface area contributed by atoms with Crippen LogP contribution in [0.4, 0.5) is 5.69 Å². The van der Waals surface area contributed by atoms with Crippen LogP contribution in [-0.4, -0.2) is 19.6 Å². The van der Waals surface area contributed by atoms with Crippen molar-refractivity contribution in [3.8, 4) is 23.3 Å². The minimum absolute atomic E-state index is 0.0414. The number of nitriles is 1. The van der Waals surface area contributed by atoms with Gasteiger partial charge in [-0.25, -0.2) is 0 Å². The minimum atomic E-state index is -0.518. The van der Waals surface area contributed by atoms with Crippen LogP contribution in [0, 0.1) is 11.3 Å². The number of nitrogens with one attached hydrogen (secondary N) is 1. The Bertz CT molecular complexity index is 1180. The highest BCUT2D eigenvalue weighted by Gasteiger charge is 2.11. The molecule has 0 aliphatic carbocycles. The number of hydrogen-bond donors (Lipinski definition) is 1. The number of anilines is 1. The van der Waals surface area contributed by atoms with Gasteiger partial charge in [-0.1, -0.05) is 35.9 Å². The molecule has 0 fully saturated rings. The third kappa shape index (κ3) is 6.52. The number of ether oxygens (including phenoxy) is 3. The predicted octanol–water partition coefficient (Wildman–Crippen LogP) is 5.87. The van der Waals surface area contributed by atoms with Gasteiger partial charge in [0.05, 0.1) is 13.7 Å². The second-order valence-electron chi connectivity index (χ2n) is 6.87. The molecule has 0 aliphatic heterocycles. The van der Waals surface area contributed by atoms with Crippen molar-refractivity contribution >= 4 is 29.3 Å². The van der Waals surface area contributed by atoms with Gasteiger partial charge in [-0.05, 0) is 61.0 Å². The molecule has 3 rings (SSSR count). The largest absolute Gasteiger partial charge is 0.493 e. The average Bonchev–Trinajstić information content (AvgIpc) is 2.83. The Balaban J connectivity index is 1.65. The molecule has 7 heteroatoms. The first-order chi connectivity index (χ1) is 16.0. The Morgan fingerprint density at radius 2 is 1.82 bits per heavy atom. The summed E-state index contributed by atoms with van der Waals surface area (Å²) in [6, 6.07) is 21.5. The van der Waals surface area contributed by atoms with Gasteiger partial charge in [0.1, 0.15) is 24.0 Å². The fourth-order valence-corrected chi connectivity index (χ4v) is 3.16. The van der Waals surface area contributed by atoms with E-state index in [0.717, 1.165) is 5.56 Å². The first kappa shape index (κ1) is 23.7. The van der Waals surface area contributed by atoms with E-state index in [4.69, 9.17) is 25.8 Å². The number of benzene rings is 3. The summed E-state index contributed by atoms with van der Waals surface area (Å²) in [5.74, 6) is 1.23. The second-order valence-corrected chi connectivity index (χ2v) is 7.28. The van der Waals surface area contributed by atoms with Crippen LogP contribution in [0.2, 0.25) is 5.02 Å². The zero-order valence-electron chi connectivity index (χ0n) is 18.3. The van der Waals surface area contributed by atoms with E-state index in [1.54, 1.807) is 42.5 Å². The number of nitrogens with zero attached hydrogens (tertiary/aromatic N) is 1. The normalized spacial score (nSPS) is 10.8. The molecule has 0 spiro atoms. The summed E-state index contributed by atoms with van der Waals surface area (Å²) in [4.78, 5) is 12.6. The zero-order valence-corrected chi connectivity index (χ0v) is 19.1. The molecule has 0 bridgehead atoms. The zero-order chi connectivity index (χ0) is 23.6. The average molecular weight is 463 g/mol. The maximum atomic E-state index is 12.6. The molecule has 0 radical (unpaired) electrons. The molecule has 0 saturated heterocycles. The fourth-order valence-electron chi connectivity index (χ4n) is 2.97. The van der Waals surface area contributed by atoms with Crippen LogP contribution >= 0.6 is 11.6 Å². The molecule has 0 heterocycles. The van der Waals surface area contributed by atoms with Crippen LogP contribution in [0.5, 0.6) is 17.2 Å². The molecule has 1 N–H and O–H groups in total. The number of hydrogen-bond acceptors (Lipinski definition) is 5. The third-order valence-electron chi connectivity index (χ3n) is 4.63. The standard InChI is InChI=1S/C26H23ClN2O4/c1-3-32-24-13-8-18(15-25(24)31-2)14-20(16-28)26(30)29-21-9-11-22(12-10-21)33-17-19-6-4-5-7-23(19)27/h4-15H,3,17H2,1-2H3,(H,29,30)/b20-14+. The van der Waals surface area contributed by atoms with Crippen LogP contribution in [-0.2, 0) is 11.4 Å². The van der Waals surface area contributed by atoms with E-state index < -0.39 is 5.91 Å². The predicted molar refractivity (Wildman–Crippen MR) is 129 cm³/mol. The highest BCUT2D eigenvalue weighted by molar-refractivity contribution is 6.31. The van der Waals surface area contributed by atoms with E-state index in [1.165, 1.54) is 13.2 Å². The maximum absolute atomic E-state index is 12.6. The van der Waals surface area contributed by atoms with Crippen molar-refractivity contribution in [2.24, 2.45) is 0 Å². The van der Waals surface area contributed by atoms with Gasteiger partial charge in [0, 0.05) is 16.3 Å². The van der Waals surface area contributed by atoms with E-state index in [9.17, 15) is 10.1 Å². The molecule has 0 aromatic heterocycles. The summed E-state index contributed by atoms with van der Waals surface area (Å²) in [7, 11) is 1.53. The number of halogens is 1. The van der Waals surface area contributed by atoms with E-state index in [0.29, 0.717) is 46.7 Å². The van der Waals surface area contributed by atoms with E-state index in [-0.39, 0.29) is 5.57 Å². The molecular weight excluding hydrogens is 440 g/mol. The topological polar surface area (TPSA) is 80.6 Å². The third-order valence-corrected chi connectivity index (χ3v) is 5.00. The smallest absolute Gasteiger partial charge is 0.266 e. The number of rotatable bonds is 9. The van der Waals surface area contributed by atoms with Crippen LogP contribution in [0.1, 0.15) is 18.1 Å². The molecule has 168 valence electrons. The van der Waals surface area contributed by atoms with Gasteiger partial charge in [0.2, 0.25) is 0 Å². The summed E-state index contributed by atoms with van der Waals surface area (Å²) < 4.78 is 16.6. The molecule has 0 unspecified atom stereocenters. The quantitative estimate of drug-likeness (QED) is 0.317. The summed E-state index contributed by atoms with van der Waals surface area (Å²) in [6.07, 6.45) is 1.49. The van der Waals surface area contributed by atoms with Crippen molar-refractivity contribution in [2.75, 3.05) is 19.0 Å². The number of carbonyl (C=O) groups excluding carboxylic acids is 1. The van der Waals surface area contributed by atoms with Crippen LogP contribution < -0.4 is 19.5 Å². The maximum Gasteiger partial charge on any atom is 0.266 e. The van der Waals surface area contributed by atoms with Gasteiger partial charge in [-0.3, -0.25) is 4.79 Å². The van der Waals surface area contributed by atoms with Gasteiger partial charge in [0.25, 0.3) is 5.91 Å². The SMILES string of the molecule is CCOc1ccc(/C=C(\C#N)C(=O)Nc2ccc(OCc3ccccc3Cl)cc2)cc1OC. The number of amides is 1. The molecule has 6 nitrogen and oxygen atoms in total. The van der Waals surface area contributed by atoms with Gasteiger partial charge in [0.15, 0.2) is 11.5 Å². The molecule has 0 atom stereocenters. The van der Waals surface area contributed by atoms with Crippen LogP contribution in [0.15, 0.2) is 72.3 Å². The van der Waals surface area contributed by atoms with Crippen molar-refractivity contribution in [1.29, 1.82) is 5.26 Å². The highest BCUT2D eigenvalue weighted by Crippen LogP contribution is 2.29. The molecule has 0 aliphatic rings.